The Hall–Kier alpha value is -1.06. The molecule has 0 N–H and O–H groups in total. The molecule has 1 amide bonds. The molecular weight excluding hydrogens is 254 g/mol. The highest BCUT2D eigenvalue weighted by Crippen LogP contribution is 2.29. The number of ketones is 1. The predicted octanol–water partition coefficient (Wildman–Crippen LogP) is 3.64. The monoisotopic (exact) mass is 283 g/mol. The summed E-state index contributed by atoms with van der Waals surface area (Å²) in [7, 11) is 0. The van der Waals surface area contributed by atoms with Crippen molar-refractivity contribution in [3.8, 4) is 0 Å². The van der Waals surface area contributed by atoms with Crippen molar-refractivity contribution in [1.29, 1.82) is 0 Å². The Morgan fingerprint density at radius 1 is 1.15 bits per heavy atom. The molecule has 1 saturated carbocycles. The average molecular weight is 283 g/mol. The van der Waals surface area contributed by atoms with Crippen molar-refractivity contribution in [2.24, 2.45) is 11.8 Å². The highest BCUT2D eigenvalue weighted by Gasteiger charge is 2.28. The molecule has 0 saturated heterocycles. The van der Waals surface area contributed by atoms with Crippen molar-refractivity contribution in [2.75, 3.05) is 13.1 Å². The number of Topliss-reactive ketones (excluding diaryl/α,β-unsaturated/α-hetero) is 1. The molecular formula is C16H29NO3. The fourth-order valence-corrected chi connectivity index (χ4v) is 2.53. The van der Waals surface area contributed by atoms with Crippen molar-refractivity contribution < 1.29 is 14.3 Å². The van der Waals surface area contributed by atoms with Gasteiger partial charge in [0, 0.05) is 12.5 Å². The lowest BCUT2D eigenvalue weighted by molar-refractivity contribution is -0.125. The van der Waals surface area contributed by atoms with Gasteiger partial charge in [-0.15, -0.1) is 0 Å². The highest BCUT2D eigenvalue weighted by molar-refractivity contribution is 5.86. The van der Waals surface area contributed by atoms with Crippen LogP contribution >= 0.6 is 0 Å². The molecule has 0 aliphatic heterocycles. The molecule has 4 nitrogen and oxygen atoms in total. The van der Waals surface area contributed by atoms with Gasteiger partial charge in [-0.05, 0) is 46.5 Å². The number of carbonyl (C=O) groups excluding carboxylic acids is 2. The minimum absolute atomic E-state index is 0.127. The van der Waals surface area contributed by atoms with E-state index in [-0.39, 0.29) is 18.2 Å². The quantitative estimate of drug-likeness (QED) is 0.791. The Labute approximate surface area is 122 Å². The summed E-state index contributed by atoms with van der Waals surface area (Å²) in [6.45, 7) is 10.3. The van der Waals surface area contributed by atoms with Crippen molar-refractivity contribution in [3.63, 3.8) is 0 Å². The van der Waals surface area contributed by atoms with Crippen LogP contribution in [0.3, 0.4) is 0 Å². The molecule has 0 heterocycles. The highest BCUT2D eigenvalue weighted by atomic mass is 16.6. The molecule has 0 spiro atoms. The summed E-state index contributed by atoms with van der Waals surface area (Å²) < 4.78 is 5.33. The first-order valence-electron chi connectivity index (χ1n) is 7.73. The maximum Gasteiger partial charge on any atom is 0.410 e. The fourth-order valence-electron chi connectivity index (χ4n) is 2.53. The van der Waals surface area contributed by atoms with Crippen molar-refractivity contribution in [1.82, 2.24) is 4.90 Å². The molecule has 1 aliphatic rings. The van der Waals surface area contributed by atoms with Gasteiger partial charge in [0.25, 0.3) is 0 Å². The Balaban J connectivity index is 2.51. The molecule has 0 atom stereocenters. The number of carbonyl (C=O) groups is 2. The number of nitrogens with zero attached hydrogens (tertiary/aromatic N) is 1. The summed E-state index contributed by atoms with van der Waals surface area (Å²) in [5.74, 6) is 1.04. The molecule has 1 aliphatic carbocycles. The molecule has 0 radical (unpaired) electrons. The Bertz CT molecular complexity index is 338. The summed E-state index contributed by atoms with van der Waals surface area (Å²) in [6.07, 6.45) is 3.78. The van der Waals surface area contributed by atoms with Gasteiger partial charge in [0.05, 0.1) is 6.54 Å². The number of amides is 1. The van der Waals surface area contributed by atoms with E-state index in [0.717, 1.165) is 31.6 Å². The Morgan fingerprint density at radius 2 is 1.70 bits per heavy atom. The van der Waals surface area contributed by atoms with E-state index in [1.807, 2.05) is 27.7 Å². The molecule has 4 heteroatoms. The molecule has 1 rings (SSSR count). The number of hydrogen-bond acceptors (Lipinski definition) is 3. The first kappa shape index (κ1) is 17.0. The zero-order valence-electron chi connectivity index (χ0n) is 13.6. The van der Waals surface area contributed by atoms with Gasteiger partial charge in [-0.3, -0.25) is 4.79 Å². The smallest absolute Gasteiger partial charge is 0.410 e. The number of hydrogen-bond donors (Lipinski definition) is 0. The second-order valence-corrected chi connectivity index (χ2v) is 6.92. The molecule has 0 bridgehead atoms. The topological polar surface area (TPSA) is 46.6 Å². The van der Waals surface area contributed by atoms with Gasteiger partial charge in [0.1, 0.15) is 5.60 Å². The number of rotatable bonds is 4. The fraction of sp³-hybridized carbons (Fsp3) is 0.875. The molecule has 0 aromatic heterocycles. The molecule has 20 heavy (non-hydrogen) atoms. The third-order valence-electron chi connectivity index (χ3n) is 3.85. The zero-order valence-corrected chi connectivity index (χ0v) is 13.6. The van der Waals surface area contributed by atoms with Gasteiger partial charge in [-0.25, -0.2) is 4.79 Å². The van der Waals surface area contributed by atoms with Crippen LogP contribution in [0, 0.1) is 11.8 Å². The first-order valence-corrected chi connectivity index (χ1v) is 7.73. The summed E-state index contributed by atoms with van der Waals surface area (Å²) in [4.78, 5) is 25.8. The third-order valence-corrected chi connectivity index (χ3v) is 3.85. The maximum atomic E-state index is 12.3. The van der Waals surface area contributed by atoms with E-state index in [9.17, 15) is 9.59 Å². The Morgan fingerprint density at radius 3 is 2.15 bits per heavy atom. The lowest BCUT2D eigenvalue weighted by atomic mass is 9.81. The number of likely N-dealkylation sites (N-methyl/N-ethyl adjacent to an activating group) is 1. The number of ether oxygens (including phenoxy) is 1. The van der Waals surface area contributed by atoms with Crippen LogP contribution in [0.4, 0.5) is 4.79 Å². The third kappa shape index (κ3) is 5.51. The van der Waals surface area contributed by atoms with Gasteiger partial charge < -0.3 is 9.64 Å². The van der Waals surface area contributed by atoms with E-state index >= 15 is 0 Å². The van der Waals surface area contributed by atoms with E-state index < -0.39 is 11.7 Å². The van der Waals surface area contributed by atoms with Crippen molar-refractivity contribution >= 4 is 11.9 Å². The maximum absolute atomic E-state index is 12.3. The normalized spacial score (nSPS) is 23.2. The standard InChI is InChI=1S/C16H29NO3/c1-6-17(15(19)20-16(3,4)5)11-14(18)13-9-7-12(2)8-10-13/h12-13H,6-11H2,1-5H3. The van der Waals surface area contributed by atoms with Crippen molar-refractivity contribution in [3.05, 3.63) is 0 Å². The minimum Gasteiger partial charge on any atom is -0.444 e. The summed E-state index contributed by atoms with van der Waals surface area (Å²) >= 11 is 0. The molecule has 116 valence electrons. The second kappa shape index (κ2) is 7.09. The van der Waals surface area contributed by atoms with Gasteiger partial charge in [0.15, 0.2) is 5.78 Å². The van der Waals surface area contributed by atoms with Crippen LogP contribution in [0.1, 0.15) is 60.3 Å². The van der Waals surface area contributed by atoms with Crippen molar-refractivity contribution in [2.45, 2.75) is 65.9 Å². The second-order valence-electron chi connectivity index (χ2n) is 6.92. The van der Waals surface area contributed by atoms with Crippen LogP contribution in [0.5, 0.6) is 0 Å². The molecule has 1 fully saturated rings. The molecule has 0 aromatic rings. The zero-order chi connectivity index (χ0) is 15.3. The van der Waals surface area contributed by atoms with Crippen LogP contribution in [0.15, 0.2) is 0 Å². The van der Waals surface area contributed by atoms with E-state index in [2.05, 4.69) is 6.92 Å². The predicted molar refractivity (Wildman–Crippen MR) is 79.6 cm³/mol. The largest absolute Gasteiger partial charge is 0.444 e. The van der Waals surface area contributed by atoms with Gasteiger partial charge in [-0.1, -0.05) is 19.8 Å². The lowest BCUT2D eigenvalue weighted by Gasteiger charge is -2.29. The van der Waals surface area contributed by atoms with Gasteiger partial charge in [-0.2, -0.15) is 0 Å². The minimum atomic E-state index is -0.520. The van der Waals surface area contributed by atoms with Crippen LogP contribution in [-0.4, -0.2) is 35.5 Å². The summed E-state index contributed by atoms with van der Waals surface area (Å²) in [6, 6.07) is 0. The Kier molecular flexibility index (Phi) is 6.03. The van der Waals surface area contributed by atoms with E-state index in [4.69, 9.17) is 4.74 Å². The van der Waals surface area contributed by atoms with Crippen LogP contribution < -0.4 is 0 Å². The van der Waals surface area contributed by atoms with Crippen LogP contribution in [-0.2, 0) is 9.53 Å². The molecule has 0 aromatic carbocycles. The first-order chi connectivity index (χ1) is 9.23. The van der Waals surface area contributed by atoms with Crippen LogP contribution in [0.25, 0.3) is 0 Å². The van der Waals surface area contributed by atoms with Crippen LogP contribution in [0.2, 0.25) is 0 Å². The van der Waals surface area contributed by atoms with E-state index in [1.54, 1.807) is 0 Å². The SMILES string of the molecule is CCN(CC(=O)C1CCC(C)CC1)C(=O)OC(C)(C)C. The summed E-state index contributed by atoms with van der Waals surface area (Å²) in [5, 5.41) is 0. The molecule has 0 unspecified atom stereocenters. The average Bonchev–Trinajstić information content (AvgIpc) is 2.34. The van der Waals surface area contributed by atoms with Gasteiger partial charge in [0.2, 0.25) is 0 Å². The lowest BCUT2D eigenvalue weighted by Crippen LogP contribution is -2.41. The van der Waals surface area contributed by atoms with Gasteiger partial charge >= 0.3 is 6.09 Å². The summed E-state index contributed by atoms with van der Waals surface area (Å²) in [5.41, 5.74) is -0.520. The van der Waals surface area contributed by atoms with E-state index in [0.29, 0.717) is 6.54 Å². The van der Waals surface area contributed by atoms with E-state index in [1.165, 1.54) is 4.90 Å².